The smallest absolute Gasteiger partial charge is 0.328 e. The number of rotatable bonds is 7. The number of urea groups is 1. The molecule has 1 aliphatic rings. The van der Waals surface area contributed by atoms with E-state index in [0.29, 0.717) is 18.9 Å². The van der Waals surface area contributed by atoms with Crippen molar-refractivity contribution in [3.05, 3.63) is 36.0 Å². The van der Waals surface area contributed by atoms with Crippen LogP contribution in [0.1, 0.15) is 19.4 Å². The molecule has 0 saturated carbocycles. The number of hydrogen-bond donors (Lipinski definition) is 2. The van der Waals surface area contributed by atoms with Crippen molar-refractivity contribution < 1.29 is 14.3 Å². The van der Waals surface area contributed by atoms with Gasteiger partial charge in [-0.2, -0.15) is 0 Å². The van der Waals surface area contributed by atoms with Crippen molar-refractivity contribution in [1.29, 1.82) is 0 Å². The molecule has 1 unspecified atom stereocenters. The lowest BCUT2D eigenvalue weighted by Gasteiger charge is -2.23. The molecule has 3 rings (SSSR count). The number of esters is 1. The van der Waals surface area contributed by atoms with Crippen LogP contribution < -0.4 is 5.32 Å². The van der Waals surface area contributed by atoms with Crippen LogP contribution in [0.25, 0.3) is 10.9 Å². The topological polar surface area (TPSA) is 86.8 Å². The molecule has 1 aromatic carbocycles. The minimum Gasteiger partial charge on any atom is -0.467 e. The number of hydrogen-bond acceptors (Lipinski definition) is 5. The molecular formula is C21H28N4O3S. The average molecular weight is 417 g/mol. The predicted octanol–water partition coefficient (Wildman–Crippen LogP) is 3.06. The number of benzene rings is 1. The number of likely N-dealkylation sites (N-methyl/N-ethyl adjacent to an activating group) is 1. The molecule has 156 valence electrons. The molecule has 0 fully saturated rings. The Hall–Kier alpha value is -2.48. The van der Waals surface area contributed by atoms with E-state index in [-0.39, 0.29) is 12.1 Å². The van der Waals surface area contributed by atoms with Crippen molar-refractivity contribution in [3.63, 3.8) is 0 Å². The van der Waals surface area contributed by atoms with Gasteiger partial charge in [-0.05, 0) is 11.6 Å². The molecule has 0 bridgehead atoms. The molecule has 0 radical (unpaired) electrons. The molecule has 8 heteroatoms. The fraction of sp³-hybridized carbons (Fsp3) is 0.476. The van der Waals surface area contributed by atoms with Crippen LogP contribution >= 0.6 is 11.8 Å². The van der Waals surface area contributed by atoms with Crippen molar-refractivity contribution in [2.45, 2.75) is 32.4 Å². The second-order valence-electron chi connectivity index (χ2n) is 7.56. The van der Waals surface area contributed by atoms with Crippen molar-refractivity contribution in [2.24, 2.45) is 10.9 Å². The monoisotopic (exact) mass is 416 g/mol. The predicted molar refractivity (Wildman–Crippen MR) is 117 cm³/mol. The van der Waals surface area contributed by atoms with Gasteiger partial charge in [0.25, 0.3) is 0 Å². The number of aromatic nitrogens is 1. The second kappa shape index (κ2) is 9.35. The van der Waals surface area contributed by atoms with Gasteiger partial charge in [0, 0.05) is 48.8 Å². The summed E-state index contributed by atoms with van der Waals surface area (Å²) in [5, 5.41) is 4.99. The van der Waals surface area contributed by atoms with Gasteiger partial charge in [-0.25, -0.2) is 9.59 Å². The first-order valence-electron chi connectivity index (χ1n) is 9.74. The quantitative estimate of drug-likeness (QED) is 0.679. The van der Waals surface area contributed by atoms with E-state index < -0.39 is 12.0 Å². The Morgan fingerprint density at radius 1 is 1.38 bits per heavy atom. The third-order valence-corrected chi connectivity index (χ3v) is 6.37. The molecule has 2 N–H and O–H groups in total. The summed E-state index contributed by atoms with van der Waals surface area (Å²) in [5.41, 5.74) is 1.95. The lowest BCUT2D eigenvalue weighted by molar-refractivity contribution is -0.142. The van der Waals surface area contributed by atoms with Crippen LogP contribution in [0, 0.1) is 5.92 Å². The van der Waals surface area contributed by atoms with Crippen molar-refractivity contribution in [3.8, 4) is 0 Å². The lowest BCUT2D eigenvalue weighted by Crippen LogP contribution is -2.49. The second-order valence-corrected chi connectivity index (χ2v) is 8.60. The number of aliphatic imine (C=N–C) groups is 1. The number of aromatic amines is 1. The first kappa shape index (κ1) is 21.2. The summed E-state index contributed by atoms with van der Waals surface area (Å²) in [4.78, 5) is 34.5. The number of nitrogens with zero attached hydrogens (tertiary/aromatic N) is 2. The molecule has 1 aliphatic heterocycles. The molecule has 2 amide bonds. The van der Waals surface area contributed by atoms with E-state index in [1.807, 2.05) is 30.5 Å². The Bertz CT molecular complexity index is 908. The van der Waals surface area contributed by atoms with Gasteiger partial charge < -0.3 is 19.9 Å². The van der Waals surface area contributed by atoms with Crippen LogP contribution in [0.5, 0.6) is 0 Å². The fourth-order valence-corrected chi connectivity index (χ4v) is 4.46. The van der Waals surface area contributed by atoms with E-state index in [2.05, 4.69) is 24.1 Å². The summed E-state index contributed by atoms with van der Waals surface area (Å²) in [5.74, 6) is 0.818. The number of methoxy groups -OCH3 is 1. The first-order chi connectivity index (χ1) is 13.9. The third-order valence-electron chi connectivity index (χ3n) is 4.94. The molecule has 2 atom stereocenters. The zero-order valence-electron chi connectivity index (χ0n) is 17.3. The number of thioether (sulfide) groups is 1. The lowest BCUT2D eigenvalue weighted by atomic mass is 10.1. The molecule has 7 nitrogen and oxygen atoms in total. The maximum absolute atomic E-state index is 12.7. The van der Waals surface area contributed by atoms with Crippen LogP contribution in [-0.4, -0.2) is 65.5 Å². The Morgan fingerprint density at radius 2 is 2.14 bits per heavy atom. The minimum atomic E-state index is -0.762. The van der Waals surface area contributed by atoms with E-state index in [1.165, 1.54) is 7.11 Å². The SMILES string of the molecule is COC(=O)[C@H](Cc1c[nH]c2ccccc12)NC(=O)N(C)CC1CSC(C(C)C)=N1. The van der Waals surface area contributed by atoms with Gasteiger partial charge in [-0.15, -0.1) is 11.8 Å². The van der Waals surface area contributed by atoms with Crippen LogP contribution in [0.3, 0.4) is 0 Å². The van der Waals surface area contributed by atoms with Crippen LogP contribution in [-0.2, 0) is 16.0 Å². The zero-order chi connectivity index (χ0) is 21.0. The zero-order valence-corrected chi connectivity index (χ0v) is 18.1. The maximum Gasteiger partial charge on any atom is 0.328 e. The number of carbonyl (C=O) groups excluding carboxylic acids is 2. The van der Waals surface area contributed by atoms with Gasteiger partial charge >= 0.3 is 12.0 Å². The standard InChI is InChI=1S/C21H28N4O3S/c1-13(2)19-23-15(12-29-19)11-25(3)21(27)24-18(20(26)28-4)9-14-10-22-17-8-6-5-7-16(14)17/h5-8,10,13,15,18,22H,9,11-12H2,1-4H3,(H,24,27)/t15?,18-/m0/s1. The summed E-state index contributed by atoms with van der Waals surface area (Å²) in [6, 6.07) is 6.88. The van der Waals surface area contributed by atoms with Crippen molar-refractivity contribution >= 4 is 39.7 Å². The Labute approximate surface area is 175 Å². The van der Waals surface area contributed by atoms with Crippen LogP contribution in [0.4, 0.5) is 4.79 Å². The van der Waals surface area contributed by atoms with Crippen molar-refractivity contribution in [2.75, 3.05) is 26.5 Å². The van der Waals surface area contributed by atoms with Gasteiger partial charge in [0.1, 0.15) is 6.04 Å². The van der Waals surface area contributed by atoms with E-state index in [4.69, 9.17) is 9.73 Å². The Kier molecular flexibility index (Phi) is 6.84. The van der Waals surface area contributed by atoms with Crippen molar-refractivity contribution in [1.82, 2.24) is 15.2 Å². The third kappa shape index (κ3) is 5.12. The summed E-state index contributed by atoms with van der Waals surface area (Å²) in [7, 11) is 3.06. The Morgan fingerprint density at radius 3 is 2.83 bits per heavy atom. The van der Waals surface area contributed by atoms with Gasteiger partial charge in [-0.3, -0.25) is 4.99 Å². The highest BCUT2D eigenvalue weighted by atomic mass is 32.2. The molecule has 0 spiro atoms. The van der Waals surface area contributed by atoms with Gasteiger partial charge in [0.15, 0.2) is 0 Å². The summed E-state index contributed by atoms with van der Waals surface area (Å²) in [6.07, 6.45) is 2.22. The van der Waals surface area contributed by atoms with E-state index in [1.54, 1.807) is 23.7 Å². The van der Waals surface area contributed by atoms with Gasteiger partial charge in [-0.1, -0.05) is 32.0 Å². The number of carbonyl (C=O) groups is 2. The summed E-state index contributed by atoms with van der Waals surface area (Å²) in [6.45, 7) is 4.75. The molecule has 0 saturated heterocycles. The molecule has 29 heavy (non-hydrogen) atoms. The molecule has 1 aromatic heterocycles. The van der Waals surface area contributed by atoms with Crippen LogP contribution in [0.15, 0.2) is 35.5 Å². The van der Waals surface area contributed by atoms with E-state index in [0.717, 1.165) is 27.3 Å². The molecule has 2 heterocycles. The summed E-state index contributed by atoms with van der Waals surface area (Å²) >= 11 is 1.75. The molecule has 0 aliphatic carbocycles. The van der Waals surface area contributed by atoms with Gasteiger partial charge in [0.2, 0.25) is 0 Å². The molecule has 2 aromatic rings. The van der Waals surface area contributed by atoms with E-state index in [9.17, 15) is 9.59 Å². The fourth-order valence-electron chi connectivity index (χ4n) is 3.36. The molecular weight excluding hydrogens is 388 g/mol. The number of nitrogens with one attached hydrogen (secondary N) is 2. The highest BCUT2D eigenvalue weighted by Gasteiger charge is 2.27. The number of ether oxygens (including phenoxy) is 1. The number of amides is 2. The number of fused-ring (bicyclic) bond motifs is 1. The minimum absolute atomic E-state index is 0.0818. The maximum atomic E-state index is 12.7. The normalized spacial score (nSPS) is 17.3. The Balaban J connectivity index is 1.65. The van der Waals surface area contributed by atoms with Gasteiger partial charge in [0.05, 0.1) is 18.2 Å². The van der Waals surface area contributed by atoms with E-state index >= 15 is 0 Å². The first-order valence-corrected chi connectivity index (χ1v) is 10.7. The van der Waals surface area contributed by atoms with Crippen LogP contribution in [0.2, 0.25) is 0 Å². The highest BCUT2D eigenvalue weighted by molar-refractivity contribution is 8.14. The average Bonchev–Trinajstić information content (AvgIpc) is 3.34. The largest absolute Gasteiger partial charge is 0.467 e. The highest BCUT2D eigenvalue weighted by Crippen LogP contribution is 2.23. The number of H-pyrrole nitrogens is 1. The summed E-state index contributed by atoms with van der Waals surface area (Å²) < 4.78 is 4.92. The number of para-hydroxylation sites is 1.